The lowest BCUT2D eigenvalue weighted by molar-refractivity contribution is -0.197. The van der Waals surface area contributed by atoms with Crippen LogP contribution in [0.25, 0.3) is 11.2 Å². The van der Waals surface area contributed by atoms with Gasteiger partial charge in [-0.3, -0.25) is 9.36 Å². The van der Waals surface area contributed by atoms with E-state index in [2.05, 4.69) is 64.5 Å². The van der Waals surface area contributed by atoms with E-state index in [1.165, 1.54) is 11.1 Å². The Morgan fingerprint density at radius 1 is 0.979 bits per heavy atom. The quantitative estimate of drug-likeness (QED) is 0.198. The fraction of sp³-hybridized carbons (Fsp3) is 0.486. The fourth-order valence-corrected chi connectivity index (χ4v) is 7.02. The van der Waals surface area contributed by atoms with E-state index in [1.54, 1.807) is 6.33 Å². The van der Waals surface area contributed by atoms with E-state index in [9.17, 15) is 4.79 Å². The van der Waals surface area contributed by atoms with Gasteiger partial charge in [0.05, 0.1) is 6.33 Å². The summed E-state index contributed by atoms with van der Waals surface area (Å²) in [6, 6.07) is 21.3. The number of nitrogens with two attached hydrogens (primary N) is 1. The van der Waals surface area contributed by atoms with Crippen molar-refractivity contribution in [2.24, 2.45) is 5.73 Å². The van der Waals surface area contributed by atoms with Gasteiger partial charge in [-0.25, -0.2) is 4.98 Å². The second-order valence-electron chi connectivity index (χ2n) is 13.1. The fourth-order valence-electron chi connectivity index (χ4n) is 7.02. The molecule has 4 aromatic rings. The van der Waals surface area contributed by atoms with Crippen LogP contribution in [0, 0.1) is 0 Å². The van der Waals surface area contributed by atoms with Crippen LogP contribution in [-0.2, 0) is 19.0 Å². The summed E-state index contributed by atoms with van der Waals surface area (Å²) in [6.07, 6.45) is 2.82. The molecule has 7 rings (SSSR count). The number of imidazole rings is 1. The van der Waals surface area contributed by atoms with Crippen LogP contribution >= 0.6 is 0 Å². The van der Waals surface area contributed by atoms with Gasteiger partial charge in [0, 0.05) is 31.1 Å². The molecular weight excluding hydrogens is 596 g/mol. The van der Waals surface area contributed by atoms with Crippen molar-refractivity contribution in [3.63, 3.8) is 0 Å². The van der Waals surface area contributed by atoms with Gasteiger partial charge in [0.1, 0.15) is 12.2 Å². The van der Waals surface area contributed by atoms with Crippen molar-refractivity contribution in [2.45, 2.75) is 94.8 Å². The van der Waals surface area contributed by atoms with Gasteiger partial charge in [-0.1, -0.05) is 60.7 Å². The molecule has 1 saturated carbocycles. The minimum absolute atomic E-state index is 0.0729. The summed E-state index contributed by atoms with van der Waals surface area (Å²) in [5.74, 6) is 0.0667. The summed E-state index contributed by atoms with van der Waals surface area (Å²) in [6.45, 7) is 6.64. The standard InChI is InChI=1S/C35H44N8O4/c1-4-37-32(44)28-27-29(47-35(2,3)46-27)33(45-28)43-20-39-26-30(41-34(42-31(26)43)40-24-17-15-23(36)16-18-24)38-19-25(21-11-7-5-8-12-21)22-13-9-6-10-14-22/h5-14,20,23-25,27-29,33H,4,15-19,36H2,1-3H3,(H,37,44)(H2,38,40,41,42)/t23-,24-,27-,28+,29-,33-/m1/s1. The summed E-state index contributed by atoms with van der Waals surface area (Å²) in [7, 11) is 0. The second-order valence-corrected chi connectivity index (χ2v) is 13.1. The number of benzene rings is 2. The number of fused-ring (bicyclic) bond motifs is 2. The molecule has 12 heteroatoms. The van der Waals surface area contributed by atoms with Crippen molar-refractivity contribution in [1.29, 1.82) is 0 Å². The van der Waals surface area contributed by atoms with E-state index in [4.69, 9.17) is 34.9 Å². The number of amides is 1. The lowest BCUT2D eigenvalue weighted by Crippen LogP contribution is -2.42. The number of anilines is 2. The molecular formula is C35H44N8O4. The van der Waals surface area contributed by atoms with Gasteiger partial charge in [0.25, 0.3) is 5.91 Å². The van der Waals surface area contributed by atoms with Crippen molar-refractivity contribution in [3.8, 4) is 0 Å². The molecule has 0 unspecified atom stereocenters. The first-order chi connectivity index (χ1) is 22.8. The zero-order valence-electron chi connectivity index (χ0n) is 27.1. The number of nitrogens with zero attached hydrogens (tertiary/aromatic N) is 4. The molecule has 2 saturated heterocycles. The maximum absolute atomic E-state index is 13.1. The minimum atomic E-state index is -0.876. The predicted molar refractivity (Wildman–Crippen MR) is 179 cm³/mol. The summed E-state index contributed by atoms with van der Waals surface area (Å²) < 4.78 is 20.7. The SMILES string of the molecule is CCNC(=O)[C@H]1O[C@@H](n2cnc3c(NCC(c4ccccc4)c4ccccc4)nc(N[C@H]4CC[C@H](N)CC4)nc32)[C@@H]2OC(C)(C)O[C@@H]21. The van der Waals surface area contributed by atoms with Crippen LogP contribution in [0.1, 0.15) is 69.7 Å². The highest BCUT2D eigenvalue weighted by Gasteiger charge is 2.58. The van der Waals surface area contributed by atoms with Crippen LogP contribution in [0.4, 0.5) is 11.8 Å². The summed E-state index contributed by atoms with van der Waals surface area (Å²) in [5, 5.41) is 10.1. The zero-order valence-corrected chi connectivity index (χ0v) is 27.1. The van der Waals surface area contributed by atoms with Crippen molar-refractivity contribution >= 4 is 28.8 Å². The van der Waals surface area contributed by atoms with Crippen LogP contribution < -0.4 is 21.7 Å². The molecule has 47 heavy (non-hydrogen) atoms. The molecule has 4 heterocycles. The van der Waals surface area contributed by atoms with E-state index < -0.39 is 30.3 Å². The number of carbonyl (C=O) groups is 1. The van der Waals surface area contributed by atoms with E-state index in [1.807, 2.05) is 37.5 Å². The first kappa shape index (κ1) is 31.5. The lowest BCUT2D eigenvalue weighted by Gasteiger charge is -2.27. The van der Waals surface area contributed by atoms with Gasteiger partial charge in [0.2, 0.25) is 5.95 Å². The molecule has 0 bridgehead atoms. The molecule has 12 nitrogen and oxygen atoms in total. The van der Waals surface area contributed by atoms with Crippen molar-refractivity contribution in [3.05, 3.63) is 78.1 Å². The third-order valence-corrected chi connectivity index (χ3v) is 9.32. The van der Waals surface area contributed by atoms with E-state index in [-0.39, 0.29) is 23.9 Å². The highest BCUT2D eigenvalue weighted by Crippen LogP contribution is 2.44. The second kappa shape index (κ2) is 13.2. The van der Waals surface area contributed by atoms with E-state index in [0.29, 0.717) is 36.0 Å². The molecule has 5 N–H and O–H groups in total. The van der Waals surface area contributed by atoms with Crippen molar-refractivity contribution in [1.82, 2.24) is 24.8 Å². The number of aromatic nitrogens is 4. The molecule has 1 aliphatic carbocycles. The highest BCUT2D eigenvalue weighted by molar-refractivity contribution is 5.85. The number of hydrogen-bond acceptors (Lipinski definition) is 10. The first-order valence-electron chi connectivity index (χ1n) is 16.7. The van der Waals surface area contributed by atoms with Crippen LogP contribution in [0.15, 0.2) is 67.0 Å². The molecule has 2 aromatic carbocycles. The number of likely N-dealkylation sites (N-methyl/N-ethyl adjacent to an activating group) is 1. The molecule has 2 aliphatic heterocycles. The monoisotopic (exact) mass is 640 g/mol. The molecule has 3 aliphatic rings. The Morgan fingerprint density at radius 2 is 1.64 bits per heavy atom. The third kappa shape index (κ3) is 6.55. The Kier molecular flexibility index (Phi) is 8.84. The molecule has 3 fully saturated rings. The van der Waals surface area contributed by atoms with Gasteiger partial charge in [-0.15, -0.1) is 0 Å². The number of rotatable bonds is 10. The zero-order chi connectivity index (χ0) is 32.5. The number of ether oxygens (including phenoxy) is 3. The van der Waals surface area contributed by atoms with Crippen LogP contribution in [0.3, 0.4) is 0 Å². The molecule has 2 aromatic heterocycles. The van der Waals surface area contributed by atoms with Gasteiger partial charge in [0.15, 0.2) is 35.1 Å². The van der Waals surface area contributed by atoms with Gasteiger partial charge in [-0.05, 0) is 57.6 Å². The van der Waals surface area contributed by atoms with Gasteiger partial charge < -0.3 is 35.9 Å². The van der Waals surface area contributed by atoms with Crippen LogP contribution in [-0.4, -0.2) is 74.7 Å². The molecule has 1 amide bonds. The first-order valence-corrected chi connectivity index (χ1v) is 16.7. The largest absolute Gasteiger partial charge is 0.367 e. The minimum Gasteiger partial charge on any atom is -0.367 e. The molecule has 4 atom stereocenters. The Bertz CT molecular complexity index is 1640. The van der Waals surface area contributed by atoms with Gasteiger partial charge >= 0.3 is 0 Å². The highest BCUT2D eigenvalue weighted by atomic mass is 16.8. The van der Waals surface area contributed by atoms with E-state index >= 15 is 0 Å². The lowest BCUT2D eigenvalue weighted by atomic mass is 9.91. The third-order valence-electron chi connectivity index (χ3n) is 9.32. The van der Waals surface area contributed by atoms with Gasteiger partial charge in [-0.2, -0.15) is 9.97 Å². The average Bonchev–Trinajstić information content (AvgIpc) is 3.74. The Hall–Kier alpha value is -4.10. The maximum Gasteiger partial charge on any atom is 0.252 e. The average molecular weight is 641 g/mol. The normalized spacial score (nSPS) is 26.7. The van der Waals surface area contributed by atoms with Crippen molar-refractivity contribution in [2.75, 3.05) is 23.7 Å². The van der Waals surface area contributed by atoms with Crippen LogP contribution in [0.2, 0.25) is 0 Å². The Balaban J connectivity index is 1.25. The van der Waals surface area contributed by atoms with Crippen LogP contribution in [0.5, 0.6) is 0 Å². The Morgan fingerprint density at radius 3 is 2.30 bits per heavy atom. The smallest absolute Gasteiger partial charge is 0.252 e. The summed E-state index contributed by atoms with van der Waals surface area (Å²) in [4.78, 5) is 27.8. The molecule has 0 radical (unpaired) electrons. The number of hydrogen-bond donors (Lipinski definition) is 4. The summed E-state index contributed by atoms with van der Waals surface area (Å²) in [5.41, 5.74) is 9.76. The number of carbonyl (C=O) groups excluding carboxylic acids is 1. The molecule has 0 spiro atoms. The predicted octanol–water partition coefficient (Wildman–Crippen LogP) is 4.31. The number of nitrogens with one attached hydrogen (secondary N) is 3. The summed E-state index contributed by atoms with van der Waals surface area (Å²) >= 11 is 0. The molecule has 248 valence electrons. The van der Waals surface area contributed by atoms with E-state index in [0.717, 1.165) is 25.7 Å². The Labute approximate surface area is 274 Å². The maximum atomic E-state index is 13.1. The topological polar surface area (TPSA) is 150 Å². The van der Waals surface area contributed by atoms with Crippen molar-refractivity contribution < 1.29 is 19.0 Å².